The number of rotatable bonds is 21. The molecule has 0 amide bonds. The van der Waals surface area contributed by atoms with Crippen LogP contribution < -0.4 is 18.9 Å². The van der Waals surface area contributed by atoms with E-state index >= 15 is 0 Å². The van der Waals surface area contributed by atoms with Crippen molar-refractivity contribution in [3.8, 4) is 23.0 Å². The van der Waals surface area contributed by atoms with E-state index in [4.69, 9.17) is 47.4 Å². The molecule has 0 bridgehead atoms. The minimum atomic E-state index is -1.04. The molecule has 13 heteroatoms. The monoisotopic (exact) mass is 1010 g/mol. The Bertz CT molecular complexity index is 2520. The van der Waals surface area contributed by atoms with Crippen molar-refractivity contribution in [3.05, 3.63) is 164 Å². The maximum absolute atomic E-state index is 14.6. The van der Waals surface area contributed by atoms with Crippen LogP contribution in [0.4, 0.5) is 0 Å². The second-order valence-electron chi connectivity index (χ2n) is 15.6. The fourth-order valence-corrected chi connectivity index (χ4v) is 8.71. The van der Waals surface area contributed by atoms with Gasteiger partial charge in [-0.2, -0.15) is 0 Å². The molecule has 346 valence electrons. The predicted octanol–water partition coefficient (Wildman–Crippen LogP) is 10.4. The van der Waals surface area contributed by atoms with E-state index < -0.39 is 42.5 Å². The summed E-state index contributed by atoms with van der Waals surface area (Å²) in [7, 11) is 3.12. The lowest BCUT2D eigenvalue weighted by atomic mass is 9.88. The summed E-state index contributed by atoms with van der Waals surface area (Å²) in [5, 5.41) is 0.973. The van der Waals surface area contributed by atoms with Crippen LogP contribution >= 0.6 is 22.6 Å². The van der Waals surface area contributed by atoms with E-state index in [-0.39, 0.29) is 32.4 Å². The maximum Gasteiger partial charge on any atom is 0.344 e. The first-order valence-electron chi connectivity index (χ1n) is 21.9. The molecule has 7 rings (SSSR count). The van der Waals surface area contributed by atoms with E-state index in [2.05, 4.69) is 22.6 Å². The Balaban J connectivity index is 1.34. The van der Waals surface area contributed by atoms with Crippen molar-refractivity contribution in [2.24, 2.45) is 0 Å². The Morgan fingerprint density at radius 2 is 1.23 bits per heavy atom. The third-order valence-electron chi connectivity index (χ3n) is 11.1. The van der Waals surface area contributed by atoms with Crippen molar-refractivity contribution in [1.29, 1.82) is 0 Å². The Kier molecular flexibility index (Phi) is 17.4. The Hall–Kier alpha value is -5.55. The number of benzene rings is 6. The molecule has 1 fully saturated rings. The number of carbonyl (C=O) groups is 2. The van der Waals surface area contributed by atoms with E-state index in [0.29, 0.717) is 62.4 Å². The number of hydrogen-bond donors (Lipinski definition) is 0. The first-order valence-corrected chi connectivity index (χ1v) is 22.9. The Morgan fingerprint density at radius 3 is 1.83 bits per heavy atom. The molecule has 0 radical (unpaired) electrons. The van der Waals surface area contributed by atoms with Crippen molar-refractivity contribution in [2.75, 3.05) is 34.2 Å². The van der Waals surface area contributed by atoms with Crippen molar-refractivity contribution in [1.82, 2.24) is 0 Å². The van der Waals surface area contributed by atoms with Crippen molar-refractivity contribution in [3.63, 3.8) is 0 Å². The van der Waals surface area contributed by atoms with Crippen LogP contribution in [0.2, 0.25) is 0 Å². The quantitative estimate of drug-likeness (QED) is 0.0224. The van der Waals surface area contributed by atoms with Gasteiger partial charge in [-0.15, -0.1) is 0 Å². The van der Waals surface area contributed by atoms with E-state index in [1.807, 2.05) is 123 Å². The number of carbonyl (C=O) groups excluding carboxylic acids is 2. The normalized spacial score (nSPS) is 18.1. The molecule has 0 spiro atoms. The van der Waals surface area contributed by atoms with E-state index in [1.54, 1.807) is 32.4 Å². The molecule has 1 aliphatic rings. The standard InChI is InChI=1S/C53H55IO12/c1-6-59-33-60-27-26-39-28-41(48(54)45(29-39)58-5)53(56)66-44-25-24-42(57-4)47-43(61-30-36-16-10-7-11-17-36)23-22-40(46(44)47)50-52(65-35(3)55)51(63-32-38-20-14-9-15-21-38)49(34(2)64-50)62-31-37-18-12-8-13-19-37/h7-25,28-29,34,49-52H,6,26-27,30-33H2,1-5H3/t34-,49-,50-,51+,52-/m0/s1. The van der Waals surface area contributed by atoms with Crippen molar-refractivity contribution >= 4 is 45.3 Å². The third-order valence-corrected chi connectivity index (χ3v) is 12.2. The third kappa shape index (κ3) is 12.1. The molecule has 1 aliphatic heterocycles. The minimum Gasteiger partial charge on any atom is -0.496 e. The summed E-state index contributed by atoms with van der Waals surface area (Å²) < 4.78 is 62.9. The molecule has 0 aromatic heterocycles. The van der Waals surface area contributed by atoms with Gasteiger partial charge in [0.1, 0.15) is 54.7 Å². The van der Waals surface area contributed by atoms with Crippen LogP contribution in [0.1, 0.15) is 65.1 Å². The largest absolute Gasteiger partial charge is 0.496 e. The van der Waals surface area contributed by atoms with Crippen LogP contribution in [0.25, 0.3) is 10.8 Å². The van der Waals surface area contributed by atoms with Gasteiger partial charge in [-0.3, -0.25) is 4.79 Å². The summed E-state index contributed by atoms with van der Waals surface area (Å²) >= 11 is 2.10. The predicted molar refractivity (Wildman–Crippen MR) is 257 cm³/mol. The van der Waals surface area contributed by atoms with Gasteiger partial charge in [0.15, 0.2) is 6.10 Å². The number of ether oxygens (including phenoxy) is 10. The zero-order valence-corrected chi connectivity index (χ0v) is 39.9. The fraction of sp³-hybridized carbons (Fsp3) is 0.321. The van der Waals surface area contributed by atoms with Gasteiger partial charge in [0, 0.05) is 18.9 Å². The highest BCUT2D eigenvalue weighted by atomic mass is 127. The second-order valence-corrected chi connectivity index (χ2v) is 16.7. The van der Waals surface area contributed by atoms with E-state index in [0.717, 1.165) is 22.3 Å². The van der Waals surface area contributed by atoms with Crippen LogP contribution in [-0.4, -0.2) is 70.6 Å². The highest BCUT2D eigenvalue weighted by Gasteiger charge is 2.49. The highest BCUT2D eigenvalue weighted by Crippen LogP contribution is 2.48. The topological polar surface area (TPSA) is 126 Å². The van der Waals surface area contributed by atoms with Crippen LogP contribution in [0.5, 0.6) is 23.0 Å². The maximum atomic E-state index is 14.6. The summed E-state index contributed by atoms with van der Waals surface area (Å²) in [6.07, 6.45) is -3.57. The van der Waals surface area contributed by atoms with Gasteiger partial charge in [0.25, 0.3) is 0 Å². The molecule has 6 aromatic rings. The lowest BCUT2D eigenvalue weighted by Gasteiger charge is -2.45. The molecule has 6 aromatic carbocycles. The lowest BCUT2D eigenvalue weighted by Crippen LogP contribution is -2.56. The fourth-order valence-electron chi connectivity index (χ4n) is 7.95. The highest BCUT2D eigenvalue weighted by molar-refractivity contribution is 14.1. The number of esters is 2. The van der Waals surface area contributed by atoms with Gasteiger partial charge < -0.3 is 47.4 Å². The number of hydrogen-bond acceptors (Lipinski definition) is 12. The second kappa shape index (κ2) is 23.8. The molecule has 0 unspecified atom stereocenters. The molecule has 5 atom stereocenters. The van der Waals surface area contributed by atoms with Gasteiger partial charge >= 0.3 is 11.9 Å². The Morgan fingerprint density at radius 1 is 0.636 bits per heavy atom. The van der Waals surface area contributed by atoms with E-state index in [1.165, 1.54) is 6.92 Å². The molecule has 66 heavy (non-hydrogen) atoms. The zero-order chi connectivity index (χ0) is 46.4. The summed E-state index contributed by atoms with van der Waals surface area (Å²) in [6, 6.07) is 40.1. The molecule has 0 N–H and O–H groups in total. The molecule has 12 nitrogen and oxygen atoms in total. The Labute approximate surface area is 399 Å². The van der Waals surface area contributed by atoms with Gasteiger partial charge in [-0.1, -0.05) is 97.1 Å². The van der Waals surface area contributed by atoms with Crippen molar-refractivity contribution in [2.45, 2.75) is 77.5 Å². The zero-order valence-electron chi connectivity index (χ0n) is 37.7. The minimum absolute atomic E-state index is 0.167. The molecular weight excluding hydrogens is 955 g/mol. The van der Waals surface area contributed by atoms with Crippen molar-refractivity contribution < 1.29 is 57.0 Å². The summed E-state index contributed by atoms with van der Waals surface area (Å²) in [4.78, 5) is 27.8. The average molecular weight is 1010 g/mol. The van der Waals surface area contributed by atoms with Crippen LogP contribution in [-0.2, 0) is 59.5 Å². The average Bonchev–Trinajstić information content (AvgIpc) is 3.34. The lowest BCUT2D eigenvalue weighted by molar-refractivity contribution is -0.256. The van der Waals surface area contributed by atoms with Gasteiger partial charge in [0.2, 0.25) is 0 Å². The molecule has 1 saturated heterocycles. The van der Waals surface area contributed by atoms with Crippen LogP contribution in [0, 0.1) is 3.57 Å². The SMILES string of the molecule is CCOCOCCc1cc(OC)c(I)c(C(=O)Oc2ccc(OC)c3c(OCc4ccccc4)ccc([C@@H]4O[C@@H](C)[C@H](OCc5ccccc5)[C@@H](OCc5ccccc5)[C@H]4OC(C)=O)c23)c1. The summed E-state index contributed by atoms with van der Waals surface area (Å²) in [6.45, 7) is 6.95. The van der Waals surface area contributed by atoms with Gasteiger partial charge in [0.05, 0.1) is 54.7 Å². The number of fused-ring (bicyclic) bond motifs is 1. The molecule has 1 heterocycles. The first kappa shape index (κ1) is 48.4. The van der Waals surface area contributed by atoms with Crippen LogP contribution in [0.3, 0.4) is 0 Å². The van der Waals surface area contributed by atoms with Gasteiger partial charge in [-0.25, -0.2) is 4.79 Å². The molecule has 0 aliphatic carbocycles. The van der Waals surface area contributed by atoms with Crippen LogP contribution in [0.15, 0.2) is 127 Å². The molecular formula is C53H55IO12. The molecule has 0 saturated carbocycles. The summed E-state index contributed by atoms with van der Waals surface area (Å²) in [5.74, 6) is 0.455. The number of methoxy groups -OCH3 is 2. The smallest absolute Gasteiger partial charge is 0.344 e. The van der Waals surface area contributed by atoms with E-state index in [9.17, 15) is 9.59 Å². The number of halogens is 1. The summed E-state index contributed by atoms with van der Waals surface area (Å²) in [5.41, 5.74) is 4.48. The van der Waals surface area contributed by atoms with Gasteiger partial charge in [-0.05, 0) is 101 Å². The first-order chi connectivity index (χ1) is 32.2.